The maximum absolute atomic E-state index is 14.6. The molecule has 248 valence electrons. The van der Waals surface area contributed by atoms with Gasteiger partial charge in [-0.25, -0.2) is 8.42 Å². The quantitative estimate of drug-likeness (QED) is 0.176. The van der Waals surface area contributed by atoms with E-state index in [1.165, 1.54) is 37.3 Å². The number of benzene rings is 4. The zero-order chi connectivity index (χ0) is 34.0. The number of nitrogens with one attached hydrogen (secondary N) is 1. The molecule has 0 aliphatic carbocycles. The standard InChI is InChI=1S/C37H43N3O6S/c1-6-22-38-37(42)33(23-29-10-8-7-9-11-29)39(25-30-16-12-27(2)13-17-30)36(41)26-40(31-18-14-28(3)15-19-31)47(43,44)32-20-21-34(45-4)35(24-32)46-5/h7-21,24,33H,6,22-23,25-26H2,1-5H3,(H,38,42)/t33-/m0/s1. The predicted molar refractivity (Wildman–Crippen MR) is 184 cm³/mol. The first-order chi connectivity index (χ1) is 22.6. The molecule has 4 aromatic rings. The lowest BCUT2D eigenvalue weighted by Gasteiger charge is -2.34. The molecule has 47 heavy (non-hydrogen) atoms. The van der Waals surface area contributed by atoms with E-state index in [1.54, 1.807) is 24.3 Å². The van der Waals surface area contributed by atoms with E-state index in [4.69, 9.17) is 9.47 Å². The molecule has 0 fully saturated rings. The van der Waals surface area contributed by atoms with Crippen molar-refractivity contribution in [2.45, 2.75) is 51.1 Å². The highest BCUT2D eigenvalue weighted by atomic mass is 32.2. The summed E-state index contributed by atoms with van der Waals surface area (Å²) in [5.41, 5.74) is 3.98. The molecule has 0 aliphatic rings. The van der Waals surface area contributed by atoms with Crippen LogP contribution in [0.4, 0.5) is 5.69 Å². The van der Waals surface area contributed by atoms with E-state index in [0.717, 1.165) is 33.0 Å². The molecule has 0 saturated heterocycles. The Morgan fingerprint density at radius 3 is 2.00 bits per heavy atom. The van der Waals surface area contributed by atoms with Gasteiger partial charge in [0, 0.05) is 25.6 Å². The average Bonchev–Trinajstić information content (AvgIpc) is 3.08. The molecule has 4 aromatic carbocycles. The molecule has 4 rings (SSSR count). The van der Waals surface area contributed by atoms with Crippen LogP contribution in [0.2, 0.25) is 0 Å². The third kappa shape index (κ3) is 8.92. The van der Waals surface area contributed by atoms with Crippen molar-refractivity contribution in [3.8, 4) is 11.5 Å². The number of hydrogen-bond donors (Lipinski definition) is 1. The molecule has 0 saturated carbocycles. The van der Waals surface area contributed by atoms with Crippen LogP contribution in [0.5, 0.6) is 11.5 Å². The number of ether oxygens (including phenoxy) is 2. The Morgan fingerprint density at radius 2 is 1.40 bits per heavy atom. The molecule has 0 radical (unpaired) electrons. The number of aryl methyl sites for hydroxylation is 2. The lowest BCUT2D eigenvalue weighted by molar-refractivity contribution is -0.140. The SMILES string of the molecule is CCCNC(=O)[C@H](Cc1ccccc1)N(Cc1ccc(C)cc1)C(=O)CN(c1ccc(C)cc1)S(=O)(=O)c1ccc(OC)c(OC)c1. The van der Waals surface area contributed by atoms with Crippen LogP contribution in [-0.4, -0.2) is 58.5 Å². The topological polar surface area (TPSA) is 105 Å². The van der Waals surface area contributed by atoms with Gasteiger partial charge in [-0.3, -0.25) is 13.9 Å². The third-order valence-corrected chi connectivity index (χ3v) is 9.61. The lowest BCUT2D eigenvalue weighted by atomic mass is 10.0. The molecule has 0 aliphatic heterocycles. The van der Waals surface area contributed by atoms with Gasteiger partial charge in [0.2, 0.25) is 11.8 Å². The van der Waals surface area contributed by atoms with E-state index in [-0.39, 0.29) is 29.5 Å². The van der Waals surface area contributed by atoms with Crippen LogP contribution in [0.3, 0.4) is 0 Å². The maximum Gasteiger partial charge on any atom is 0.264 e. The van der Waals surface area contributed by atoms with Gasteiger partial charge >= 0.3 is 0 Å². The first-order valence-electron chi connectivity index (χ1n) is 15.6. The Bertz CT molecular complexity index is 1740. The third-order valence-electron chi connectivity index (χ3n) is 7.84. The van der Waals surface area contributed by atoms with Gasteiger partial charge in [-0.1, -0.05) is 84.8 Å². The largest absolute Gasteiger partial charge is 0.493 e. The second-order valence-electron chi connectivity index (χ2n) is 11.4. The molecule has 2 amide bonds. The second-order valence-corrected chi connectivity index (χ2v) is 13.2. The minimum Gasteiger partial charge on any atom is -0.493 e. The fourth-order valence-corrected chi connectivity index (χ4v) is 6.58. The Balaban J connectivity index is 1.81. The van der Waals surface area contributed by atoms with Gasteiger partial charge in [-0.15, -0.1) is 0 Å². The first-order valence-corrected chi connectivity index (χ1v) is 17.0. The molecule has 9 nitrogen and oxygen atoms in total. The summed E-state index contributed by atoms with van der Waals surface area (Å²) in [6.07, 6.45) is 0.974. The zero-order valence-corrected chi connectivity index (χ0v) is 28.4. The number of nitrogens with zero attached hydrogens (tertiary/aromatic N) is 2. The van der Waals surface area contributed by atoms with Crippen molar-refractivity contribution in [2.75, 3.05) is 31.6 Å². The number of hydrogen-bond acceptors (Lipinski definition) is 6. The summed E-state index contributed by atoms with van der Waals surface area (Å²) in [6.45, 7) is 5.84. The van der Waals surface area contributed by atoms with E-state index < -0.39 is 28.5 Å². The van der Waals surface area contributed by atoms with Crippen LogP contribution in [0.25, 0.3) is 0 Å². The van der Waals surface area contributed by atoms with Crippen LogP contribution in [-0.2, 0) is 32.6 Å². The minimum atomic E-state index is -4.30. The molecule has 0 unspecified atom stereocenters. The minimum absolute atomic E-state index is 0.0740. The molecule has 0 aromatic heterocycles. The fraction of sp³-hybridized carbons (Fsp3) is 0.297. The first kappa shape index (κ1) is 35.0. The highest BCUT2D eigenvalue weighted by molar-refractivity contribution is 7.92. The molecular formula is C37H43N3O6S. The normalized spacial score (nSPS) is 11.8. The molecule has 0 spiro atoms. The summed E-state index contributed by atoms with van der Waals surface area (Å²) in [4.78, 5) is 29.8. The second kappa shape index (κ2) is 16.1. The van der Waals surface area contributed by atoms with Crippen molar-refractivity contribution in [2.24, 2.45) is 0 Å². The number of carbonyl (C=O) groups is 2. The highest BCUT2D eigenvalue weighted by Gasteiger charge is 2.35. The van der Waals surface area contributed by atoms with E-state index in [9.17, 15) is 18.0 Å². The summed E-state index contributed by atoms with van der Waals surface area (Å²) in [5, 5.41) is 2.96. The predicted octanol–water partition coefficient (Wildman–Crippen LogP) is 5.68. The van der Waals surface area contributed by atoms with Crippen molar-refractivity contribution < 1.29 is 27.5 Å². The summed E-state index contributed by atoms with van der Waals surface area (Å²) < 4.78 is 40.5. The Kier molecular flexibility index (Phi) is 12.0. The summed E-state index contributed by atoms with van der Waals surface area (Å²) in [7, 11) is -1.41. The number of anilines is 1. The van der Waals surface area contributed by atoms with Crippen LogP contribution in [0.1, 0.15) is 35.6 Å². The Hall–Kier alpha value is -4.83. The molecule has 1 atom stereocenters. The van der Waals surface area contributed by atoms with Crippen molar-refractivity contribution in [3.63, 3.8) is 0 Å². The molecule has 0 bridgehead atoms. The number of amides is 2. The van der Waals surface area contributed by atoms with E-state index in [2.05, 4.69) is 5.32 Å². The van der Waals surface area contributed by atoms with Crippen LogP contribution in [0, 0.1) is 13.8 Å². The zero-order valence-electron chi connectivity index (χ0n) is 27.6. The van der Waals surface area contributed by atoms with Gasteiger partial charge in [0.1, 0.15) is 12.6 Å². The van der Waals surface area contributed by atoms with Crippen LogP contribution < -0.4 is 19.1 Å². The van der Waals surface area contributed by atoms with Gasteiger partial charge in [-0.05, 0) is 55.7 Å². The lowest BCUT2D eigenvalue weighted by Crippen LogP contribution is -2.53. The molecule has 1 N–H and O–H groups in total. The van der Waals surface area contributed by atoms with Gasteiger partial charge < -0.3 is 19.7 Å². The van der Waals surface area contributed by atoms with Crippen molar-refractivity contribution in [1.29, 1.82) is 0 Å². The molecule has 10 heteroatoms. The van der Waals surface area contributed by atoms with Crippen molar-refractivity contribution >= 4 is 27.5 Å². The highest BCUT2D eigenvalue weighted by Crippen LogP contribution is 2.32. The number of rotatable bonds is 15. The van der Waals surface area contributed by atoms with Crippen molar-refractivity contribution in [1.82, 2.24) is 10.2 Å². The van der Waals surface area contributed by atoms with Gasteiger partial charge in [0.15, 0.2) is 11.5 Å². The summed E-state index contributed by atoms with van der Waals surface area (Å²) in [6, 6.07) is 27.5. The smallest absolute Gasteiger partial charge is 0.264 e. The van der Waals surface area contributed by atoms with Gasteiger partial charge in [-0.2, -0.15) is 0 Å². The van der Waals surface area contributed by atoms with Crippen LogP contribution in [0.15, 0.2) is 102 Å². The van der Waals surface area contributed by atoms with E-state index in [0.29, 0.717) is 18.0 Å². The Morgan fingerprint density at radius 1 is 0.787 bits per heavy atom. The van der Waals surface area contributed by atoms with Crippen LogP contribution >= 0.6 is 0 Å². The average molecular weight is 658 g/mol. The Labute approximate surface area is 278 Å². The number of methoxy groups -OCH3 is 2. The maximum atomic E-state index is 14.6. The molecular weight excluding hydrogens is 614 g/mol. The van der Waals surface area contributed by atoms with Gasteiger partial charge in [0.05, 0.1) is 24.8 Å². The fourth-order valence-electron chi connectivity index (χ4n) is 5.15. The monoisotopic (exact) mass is 657 g/mol. The van der Waals surface area contributed by atoms with Crippen molar-refractivity contribution in [3.05, 3.63) is 119 Å². The van der Waals surface area contributed by atoms with E-state index >= 15 is 0 Å². The summed E-state index contributed by atoms with van der Waals surface area (Å²) in [5.74, 6) is -0.223. The number of carbonyl (C=O) groups excluding carboxylic acids is 2. The summed E-state index contributed by atoms with van der Waals surface area (Å²) >= 11 is 0. The number of sulfonamides is 1. The van der Waals surface area contributed by atoms with E-state index in [1.807, 2.05) is 75.4 Å². The van der Waals surface area contributed by atoms with Gasteiger partial charge in [0.25, 0.3) is 10.0 Å². The molecule has 0 heterocycles.